The number of ether oxygens (including phenoxy) is 1. The van der Waals surface area contributed by atoms with E-state index in [1.54, 1.807) is 23.8 Å². The molecule has 0 aliphatic carbocycles. The third kappa shape index (κ3) is 8.97. The molecule has 1 atom stereocenters. The molecule has 1 N–H and O–H groups in total. The Kier molecular flexibility index (Phi) is 11.1. The maximum absolute atomic E-state index is 13.7. The lowest BCUT2D eigenvalue weighted by atomic mass is 10.0. The summed E-state index contributed by atoms with van der Waals surface area (Å²) in [7, 11) is 1.63. The monoisotopic (exact) mass is 518 g/mol. The van der Waals surface area contributed by atoms with E-state index in [0.717, 1.165) is 22.6 Å². The van der Waals surface area contributed by atoms with Crippen molar-refractivity contribution in [3.05, 3.63) is 101 Å². The average Bonchev–Trinajstić information content (AvgIpc) is 2.91. The van der Waals surface area contributed by atoms with Crippen molar-refractivity contribution in [1.82, 2.24) is 10.2 Å². The first-order valence-electron chi connectivity index (χ1n) is 12.7. The minimum atomic E-state index is -0.626. The van der Waals surface area contributed by atoms with E-state index in [-0.39, 0.29) is 11.8 Å². The van der Waals surface area contributed by atoms with Gasteiger partial charge in [-0.2, -0.15) is 0 Å². The highest BCUT2D eigenvalue weighted by molar-refractivity contribution is 7.99. The maximum Gasteiger partial charge on any atom is 0.243 e. The summed E-state index contributed by atoms with van der Waals surface area (Å²) >= 11 is 1.58. The number of nitrogens with zero attached hydrogens (tertiary/aromatic N) is 1. The Hall–Kier alpha value is -3.25. The van der Waals surface area contributed by atoms with Crippen LogP contribution >= 0.6 is 11.8 Å². The van der Waals surface area contributed by atoms with Crippen molar-refractivity contribution < 1.29 is 14.3 Å². The van der Waals surface area contributed by atoms with Crippen LogP contribution in [0.2, 0.25) is 0 Å². The fourth-order valence-corrected chi connectivity index (χ4v) is 5.03. The molecule has 37 heavy (non-hydrogen) atoms. The third-order valence-corrected chi connectivity index (χ3v) is 7.15. The Balaban J connectivity index is 1.87. The summed E-state index contributed by atoms with van der Waals surface area (Å²) in [5.74, 6) is 1.89. The van der Waals surface area contributed by atoms with Crippen molar-refractivity contribution in [2.24, 2.45) is 5.92 Å². The number of hydrogen-bond donors (Lipinski definition) is 1. The lowest BCUT2D eigenvalue weighted by Crippen LogP contribution is -2.51. The molecule has 3 aromatic carbocycles. The fraction of sp³-hybridized carbons (Fsp3) is 0.355. The molecule has 3 rings (SSSR count). The van der Waals surface area contributed by atoms with Gasteiger partial charge in [0.1, 0.15) is 11.8 Å². The van der Waals surface area contributed by atoms with Gasteiger partial charge in [0.05, 0.1) is 12.9 Å². The highest BCUT2D eigenvalue weighted by atomic mass is 32.2. The van der Waals surface area contributed by atoms with E-state index in [0.29, 0.717) is 31.2 Å². The molecule has 0 spiro atoms. The third-order valence-electron chi connectivity index (χ3n) is 6.19. The van der Waals surface area contributed by atoms with Gasteiger partial charge >= 0.3 is 0 Å². The second-order valence-corrected chi connectivity index (χ2v) is 10.6. The Morgan fingerprint density at radius 1 is 0.946 bits per heavy atom. The number of thioether (sulfide) groups is 1. The Morgan fingerprint density at radius 2 is 1.65 bits per heavy atom. The van der Waals surface area contributed by atoms with Crippen molar-refractivity contribution in [1.29, 1.82) is 0 Å². The quantitative estimate of drug-likeness (QED) is 0.318. The van der Waals surface area contributed by atoms with Gasteiger partial charge in [-0.15, -0.1) is 11.8 Å². The summed E-state index contributed by atoms with van der Waals surface area (Å²) < 4.78 is 5.40. The van der Waals surface area contributed by atoms with Crippen molar-refractivity contribution in [2.75, 3.05) is 19.4 Å². The molecule has 0 saturated heterocycles. The van der Waals surface area contributed by atoms with Crippen LogP contribution in [0.4, 0.5) is 0 Å². The summed E-state index contributed by atoms with van der Waals surface area (Å²) in [5, 5.41) is 3.07. The number of methoxy groups -OCH3 is 1. The van der Waals surface area contributed by atoms with Gasteiger partial charge in [-0.1, -0.05) is 80.6 Å². The van der Waals surface area contributed by atoms with Crippen molar-refractivity contribution in [3.63, 3.8) is 0 Å². The molecule has 2 amide bonds. The molecule has 5 nitrogen and oxygen atoms in total. The lowest BCUT2D eigenvalue weighted by molar-refractivity contribution is -0.139. The van der Waals surface area contributed by atoms with Gasteiger partial charge in [-0.05, 0) is 47.2 Å². The van der Waals surface area contributed by atoms with Gasteiger partial charge < -0.3 is 15.0 Å². The second kappa shape index (κ2) is 14.5. The van der Waals surface area contributed by atoms with Crippen LogP contribution in [0.15, 0.2) is 78.9 Å². The van der Waals surface area contributed by atoms with Crippen LogP contribution in [0.25, 0.3) is 0 Å². The SMILES string of the molecule is COc1cccc(CN(C(=O)CSCc2ccccc2C)C(Cc2ccccc2)C(=O)NCC(C)C)c1. The van der Waals surface area contributed by atoms with Gasteiger partial charge in [0, 0.05) is 25.3 Å². The van der Waals surface area contributed by atoms with E-state index in [2.05, 4.69) is 38.2 Å². The number of hydrogen-bond acceptors (Lipinski definition) is 4. The molecule has 1 unspecified atom stereocenters. The highest BCUT2D eigenvalue weighted by Gasteiger charge is 2.30. The summed E-state index contributed by atoms with van der Waals surface area (Å²) in [6.45, 7) is 7.10. The highest BCUT2D eigenvalue weighted by Crippen LogP contribution is 2.21. The van der Waals surface area contributed by atoms with Crippen molar-refractivity contribution in [3.8, 4) is 5.75 Å². The zero-order chi connectivity index (χ0) is 26.6. The summed E-state index contributed by atoms with van der Waals surface area (Å²) in [5.41, 5.74) is 4.37. The molecular weight excluding hydrogens is 480 g/mol. The topological polar surface area (TPSA) is 58.6 Å². The van der Waals surface area contributed by atoms with Crippen LogP contribution in [-0.2, 0) is 28.3 Å². The van der Waals surface area contributed by atoms with E-state index in [4.69, 9.17) is 4.74 Å². The van der Waals surface area contributed by atoms with Gasteiger partial charge in [-0.25, -0.2) is 0 Å². The van der Waals surface area contributed by atoms with Crippen LogP contribution in [0.3, 0.4) is 0 Å². The first-order chi connectivity index (χ1) is 17.9. The molecule has 0 bridgehead atoms. The summed E-state index contributed by atoms with van der Waals surface area (Å²) in [4.78, 5) is 29.0. The molecule has 6 heteroatoms. The largest absolute Gasteiger partial charge is 0.497 e. The Bertz CT molecular complexity index is 1150. The fourth-order valence-electron chi connectivity index (χ4n) is 4.05. The molecule has 0 aliphatic heterocycles. The number of amides is 2. The molecule has 0 saturated carbocycles. The Labute approximate surface area is 225 Å². The number of carbonyl (C=O) groups excluding carboxylic acids is 2. The molecule has 0 aliphatic rings. The predicted molar refractivity (Wildman–Crippen MR) is 153 cm³/mol. The molecule has 0 aromatic heterocycles. The Morgan fingerprint density at radius 3 is 2.35 bits per heavy atom. The zero-order valence-corrected chi connectivity index (χ0v) is 23.1. The molecule has 3 aromatic rings. The number of rotatable bonds is 13. The van der Waals surface area contributed by atoms with E-state index in [1.165, 1.54) is 11.1 Å². The van der Waals surface area contributed by atoms with Crippen molar-refractivity contribution >= 4 is 23.6 Å². The van der Waals surface area contributed by atoms with Gasteiger partial charge in [0.25, 0.3) is 0 Å². The second-order valence-electron chi connectivity index (χ2n) is 9.64. The van der Waals surface area contributed by atoms with Crippen LogP contribution in [0.1, 0.15) is 36.1 Å². The average molecular weight is 519 g/mol. The minimum Gasteiger partial charge on any atom is -0.497 e. The molecule has 0 heterocycles. The minimum absolute atomic E-state index is 0.0537. The normalized spacial score (nSPS) is 11.7. The number of carbonyl (C=O) groups is 2. The van der Waals surface area contributed by atoms with Crippen LogP contribution in [0, 0.1) is 12.8 Å². The van der Waals surface area contributed by atoms with Gasteiger partial charge in [0.15, 0.2) is 0 Å². The molecule has 196 valence electrons. The number of nitrogens with one attached hydrogen (secondary N) is 1. The lowest BCUT2D eigenvalue weighted by Gasteiger charge is -2.32. The first-order valence-corrected chi connectivity index (χ1v) is 13.9. The zero-order valence-electron chi connectivity index (χ0n) is 22.3. The smallest absolute Gasteiger partial charge is 0.243 e. The van der Waals surface area contributed by atoms with E-state index >= 15 is 0 Å². The standard InChI is InChI=1S/C31H38N2O3S/c1-23(2)19-32-31(35)29(18-25-12-6-5-7-13-25)33(20-26-14-10-16-28(17-26)36-4)30(34)22-37-21-27-15-9-8-11-24(27)3/h5-17,23,29H,18-22H2,1-4H3,(H,32,35). The molecule has 0 radical (unpaired) electrons. The van der Waals surface area contributed by atoms with E-state index in [1.807, 2.05) is 66.7 Å². The van der Waals surface area contributed by atoms with E-state index in [9.17, 15) is 9.59 Å². The first kappa shape index (κ1) is 28.3. The van der Waals surface area contributed by atoms with E-state index < -0.39 is 6.04 Å². The maximum atomic E-state index is 13.7. The van der Waals surface area contributed by atoms with Gasteiger partial charge in [-0.3, -0.25) is 9.59 Å². The van der Waals surface area contributed by atoms with Gasteiger partial charge in [0.2, 0.25) is 11.8 Å². The molecular formula is C31H38N2O3S. The van der Waals surface area contributed by atoms with Crippen LogP contribution < -0.4 is 10.1 Å². The van der Waals surface area contributed by atoms with Crippen LogP contribution in [-0.4, -0.2) is 42.2 Å². The summed E-state index contributed by atoms with van der Waals surface area (Å²) in [6, 6.07) is 25.2. The van der Waals surface area contributed by atoms with Crippen LogP contribution in [0.5, 0.6) is 5.75 Å². The van der Waals surface area contributed by atoms with Crippen molar-refractivity contribution in [2.45, 2.75) is 45.5 Å². The summed E-state index contributed by atoms with van der Waals surface area (Å²) in [6.07, 6.45) is 0.447. The molecule has 0 fully saturated rings. The number of aryl methyl sites for hydroxylation is 1. The number of benzene rings is 3. The predicted octanol–water partition coefficient (Wildman–Crippen LogP) is 5.65.